The molecule has 2 amide bonds. The summed E-state index contributed by atoms with van der Waals surface area (Å²) in [6.07, 6.45) is 0.941. The first-order valence-corrected chi connectivity index (χ1v) is 2.69. The molecule has 0 fully saturated rings. The van der Waals surface area contributed by atoms with Gasteiger partial charge in [-0.05, 0) is 6.42 Å². The number of primary amides is 2. The molecule has 0 rings (SSSR count). The number of hydrogen-bond acceptors (Lipinski definition) is 2. The van der Waals surface area contributed by atoms with Gasteiger partial charge in [-0.25, -0.2) is 0 Å². The Morgan fingerprint density at radius 3 is 1.56 bits per heavy atom. The number of nitrogens with two attached hydrogens (primary N) is 2. The fourth-order valence-electron chi connectivity index (χ4n) is 0.437. The molecule has 0 unspecified atom stereocenters. The Bertz CT molecular complexity index is 108. The van der Waals surface area contributed by atoms with Gasteiger partial charge < -0.3 is 11.5 Å². The topological polar surface area (TPSA) is 86.2 Å². The maximum absolute atomic E-state index is 10.1. The average Bonchev–Trinajstić information content (AvgIpc) is 1.63. The number of hydrogen-bond donors (Lipinski definition) is 2. The van der Waals surface area contributed by atoms with E-state index < -0.39 is 11.8 Å². The van der Waals surface area contributed by atoms with Crippen LogP contribution in [0.15, 0.2) is 0 Å². The van der Waals surface area contributed by atoms with Crippen molar-refractivity contribution < 1.29 is 9.59 Å². The largest absolute Gasteiger partial charge is 0.370 e. The van der Waals surface area contributed by atoms with E-state index >= 15 is 0 Å². The highest BCUT2D eigenvalue weighted by Gasteiger charge is 1.96. The van der Waals surface area contributed by atoms with Crippen molar-refractivity contribution in [2.75, 3.05) is 0 Å². The van der Waals surface area contributed by atoms with Gasteiger partial charge in [0.2, 0.25) is 11.8 Å². The summed E-state index contributed by atoms with van der Waals surface area (Å²) >= 11 is 0. The first-order valence-electron chi connectivity index (χ1n) is 2.69. The number of carbonyl (C=O) groups is 2. The fourth-order valence-corrected chi connectivity index (χ4v) is 0.437. The van der Waals surface area contributed by atoms with Crippen molar-refractivity contribution in [3.63, 3.8) is 0 Å². The fraction of sp³-hybridized carbons (Fsp3) is 0.600. The molecule has 0 heterocycles. The van der Waals surface area contributed by atoms with Crippen LogP contribution >= 0.6 is 0 Å². The molecule has 0 aliphatic heterocycles. The molecule has 0 aromatic rings. The van der Waals surface area contributed by atoms with E-state index in [1.807, 2.05) is 0 Å². The third-order valence-corrected chi connectivity index (χ3v) is 0.846. The molecule has 0 atom stereocenters. The van der Waals surface area contributed by atoms with Crippen molar-refractivity contribution in [2.24, 2.45) is 11.5 Å². The van der Waals surface area contributed by atoms with E-state index in [1.165, 1.54) is 0 Å². The standard InChI is InChI=1S/C5H10N2O2/c6-4(8)2-1-3-5(7)9/h1-3H2,(H2,6,8)(H2,7,9). The van der Waals surface area contributed by atoms with Crippen LogP contribution in [0.4, 0.5) is 0 Å². The predicted molar refractivity (Wildman–Crippen MR) is 32.2 cm³/mol. The minimum Gasteiger partial charge on any atom is -0.370 e. The van der Waals surface area contributed by atoms with Crippen molar-refractivity contribution in [3.05, 3.63) is 0 Å². The van der Waals surface area contributed by atoms with Gasteiger partial charge in [-0.1, -0.05) is 0 Å². The summed E-state index contributed by atoms with van der Waals surface area (Å²) < 4.78 is 0. The molecular formula is C5H10N2O2. The van der Waals surface area contributed by atoms with Gasteiger partial charge in [0.05, 0.1) is 0 Å². The summed E-state index contributed by atoms with van der Waals surface area (Å²) in [4.78, 5) is 20.1. The number of rotatable bonds is 4. The molecule has 0 aliphatic carbocycles. The van der Waals surface area contributed by atoms with Crippen LogP contribution in [0.3, 0.4) is 0 Å². The van der Waals surface area contributed by atoms with Crippen LogP contribution in [0.1, 0.15) is 19.3 Å². The molecule has 4 nitrogen and oxygen atoms in total. The second-order valence-electron chi connectivity index (χ2n) is 1.79. The van der Waals surface area contributed by atoms with Crippen molar-refractivity contribution >= 4 is 11.8 Å². The second kappa shape index (κ2) is 3.88. The van der Waals surface area contributed by atoms with Crippen LogP contribution in [0.5, 0.6) is 0 Å². The van der Waals surface area contributed by atoms with Crippen LogP contribution in [-0.2, 0) is 9.59 Å². The van der Waals surface area contributed by atoms with Gasteiger partial charge in [0.15, 0.2) is 0 Å². The summed E-state index contributed by atoms with van der Waals surface area (Å²) in [6, 6.07) is 0. The monoisotopic (exact) mass is 130 g/mol. The third-order valence-electron chi connectivity index (χ3n) is 0.846. The summed E-state index contributed by atoms with van der Waals surface area (Å²) in [5, 5.41) is 0. The highest BCUT2D eigenvalue weighted by atomic mass is 16.1. The SMILES string of the molecule is NC(=O)CCCC(N)=O. The van der Waals surface area contributed by atoms with Crippen molar-refractivity contribution in [2.45, 2.75) is 19.3 Å². The Balaban J connectivity index is 3.10. The quantitative estimate of drug-likeness (QED) is 0.518. The Morgan fingerprint density at radius 1 is 1.00 bits per heavy atom. The molecule has 4 N–H and O–H groups in total. The molecule has 0 radical (unpaired) electrons. The summed E-state index contributed by atoms with van der Waals surface area (Å²) in [7, 11) is 0. The molecule has 4 heteroatoms. The molecular weight excluding hydrogens is 120 g/mol. The number of carbonyl (C=O) groups excluding carboxylic acids is 2. The molecule has 9 heavy (non-hydrogen) atoms. The molecule has 0 spiro atoms. The zero-order chi connectivity index (χ0) is 7.28. The highest BCUT2D eigenvalue weighted by Crippen LogP contribution is 1.91. The van der Waals surface area contributed by atoms with E-state index in [0.717, 1.165) is 0 Å². The molecule has 0 aliphatic rings. The first-order chi connectivity index (χ1) is 4.13. The smallest absolute Gasteiger partial charge is 0.217 e. The van der Waals surface area contributed by atoms with Gasteiger partial charge in [-0.3, -0.25) is 9.59 Å². The lowest BCUT2D eigenvalue weighted by atomic mass is 10.2. The van der Waals surface area contributed by atoms with Gasteiger partial charge in [0, 0.05) is 12.8 Å². The third kappa shape index (κ3) is 6.94. The van der Waals surface area contributed by atoms with Crippen LogP contribution in [-0.4, -0.2) is 11.8 Å². The minimum atomic E-state index is -0.392. The van der Waals surface area contributed by atoms with Crippen molar-refractivity contribution in [3.8, 4) is 0 Å². The zero-order valence-electron chi connectivity index (χ0n) is 5.09. The predicted octanol–water partition coefficient (Wildman–Crippen LogP) is -0.873. The van der Waals surface area contributed by atoms with Gasteiger partial charge in [0.25, 0.3) is 0 Å². The summed E-state index contributed by atoms with van der Waals surface area (Å²) in [5.74, 6) is -0.785. The van der Waals surface area contributed by atoms with Gasteiger partial charge in [-0.2, -0.15) is 0 Å². The van der Waals surface area contributed by atoms with E-state index in [2.05, 4.69) is 0 Å². The van der Waals surface area contributed by atoms with E-state index in [9.17, 15) is 9.59 Å². The summed E-state index contributed by atoms with van der Waals surface area (Å²) in [5.41, 5.74) is 9.58. The van der Waals surface area contributed by atoms with Crippen LogP contribution in [0.2, 0.25) is 0 Å². The second-order valence-corrected chi connectivity index (χ2v) is 1.79. The van der Waals surface area contributed by atoms with E-state index in [-0.39, 0.29) is 12.8 Å². The van der Waals surface area contributed by atoms with Crippen LogP contribution < -0.4 is 11.5 Å². The Kier molecular flexibility index (Phi) is 3.43. The molecule has 0 aromatic heterocycles. The molecule has 0 saturated carbocycles. The Morgan fingerprint density at radius 2 is 1.33 bits per heavy atom. The Hall–Kier alpha value is -1.06. The van der Waals surface area contributed by atoms with Crippen molar-refractivity contribution in [1.29, 1.82) is 0 Å². The molecule has 52 valence electrons. The van der Waals surface area contributed by atoms with E-state index in [4.69, 9.17) is 11.5 Å². The molecule has 0 aromatic carbocycles. The van der Waals surface area contributed by atoms with E-state index in [0.29, 0.717) is 6.42 Å². The highest BCUT2D eigenvalue weighted by molar-refractivity contribution is 5.76. The first kappa shape index (κ1) is 7.94. The average molecular weight is 130 g/mol. The summed E-state index contributed by atoms with van der Waals surface area (Å²) in [6.45, 7) is 0. The van der Waals surface area contributed by atoms with Crippen molar-refractivity contribution in [1.82, 2.24) is 0 Å². The molecule has 0 saturated heterocycles. The van der Waals surface area contributed by atoms with Crippen LogP contribution in [0, 0.1) is 0 Å². The zero-order valence-corrected chi connectivity index (χ0v) is 5.09. The lowest BCUT2D eigenvalue weighted by molar-refractivity contribution is -0.119. The van der Waals surface area contributed by atoms with E-state index in [1.54, 1.807) is 0 Å². The van der Waals surface area contributed by atoms with Gasteiger partial charge in [0.1, 0.15) is 0 Å². The minimum absolute atomic E-state index is 0.239. The lowest BCUT2D eigenvalue weighted by Gasteiger charge is -1.90. The van der Waals surface area contributed by atoms with Gasteiger partial charge >= 0.3 is 0 Å². The maximum atomic E-state index is 10.1. The maximum Gasteiger partial charge on any atom is 0.217 e. The van der Waals surface area contributed by atoms with Crippen LogP contribution in [0.25, 0.3) is 0 Å². The Labute approximate surface area is 53.2 Å². The molecule has 0 bridgehead atoms. The lowest BCUT2D eigenvalue weighted by Crippen LogP contribution is -2.14. The number of amides is 2. The van der Waals surface area contributed by atoms with Gasteiger partial charge in [-0.15, -0.1) is 0 Å². The normalized spacial score (nSPS) is 8.89.